The Kier molecular flexibility index (Phi) is 8.32. The number of carbonyl (C=O) groups excluding carboxylic acids is 1. The van der Waals surface area contributed by atoms with Crippen molar-refractivity contribution in [1.29, 1.82) is 0 Å². The maximum atomic E-state index is 12.9. The molecule has 7 heteroatoms. The first-order valence-electron chi connectivity index (χ1n) is 12.9. The van der Waals surface area contributed by atoms with Gasteiger partial charge in [0.1, 0.15) is 19.3 Å². The first kappa shape index (κ1) is 26.4. The van der Waals surface area contributed by atoms with Crippen molar-refractivity contribution >= 4 is 22.8 Å². The monoisotopic (exact) mass is 532 g/mol. The maximum absolute atomic E-state index is 12.9. The first-order chi connectivity index (χ1) is 19.5. The summed E-state index contributed by atoms with van der Waals surface area (Å²) in [6, 6.07) is 32.8. The molecule has 0 saturated heterocycles. The van der Waals surface area contributed by atoms with E-state index in [9.17, 15) is 14.7 Å². The fourth-order valence-corrected chi connectivity index (χ4v) is 4.25. The number of fused-ring (bicyclic) bond motifs is 1. The van der Waals surface area contributed by atoms with Crippen molar-refractivity contribution in [2.24, 2.45) is 0 Å². The highest BCUT2D eigenvalue weighted by Crippen LogP contribution is 2.31. The number of para-hydroxylation sites is 1. The summed E-state index contributed by atoms with van der Waals surface area (Å²) < 4.78 is 12.2. The van der Waals surface area contributed by atoms with Gasteiger partial charge in [0, 0.05) is 18.0 Å². The molecule has 7 nitrogen and oxygen atoms in total. The molecule has 0 aliphatic heterocycles. The summed E-state index contributed by atoms with van der Waals surface area (Å²) in [5.41, 5.74) is 3.73. The molecule has 0 spiro atoms. The van der Waals surface area contributed by atoms with Crippen LogP contribution in [0.3, 0.4) is 0 Å². The van der Waals surface area contributed by atoms with Crippen LogP contribution in [0.2, 0.25) is 0 Å². The molecule has 4 aromatic carbocycles. The van der Waals surface area contributed by atoms with E-state index < -0.39 is 17.9 Å². The molecule has 200 valence electrons. The molecule has 5 rings (SSSR count). The number of pyridine rings is 1. The van der Waals surface area contributed by atoms with Gasteiger partial charge in [-0.3, -0.25) is 9.78 Å². The van der Waals surface area contributed by atoms with Crippen LogP contribution in [0.5, 0.6) is 11.5 Å². The van der Waals surface area contributed by atoms with E-state index in [4.69, 9.17) is 9.47 Å². The van der Waals surface area contributed by atoms with Gasteiger partial charge in [-0.25, -0.2) is 4.79 Å². The number of aliphatic carboxylic acids is 1. The molecule has 1 amide bonds. The lowest BCUT2D eigenvalue weighted by Crippen LogP contribution is -2.42. The highest BCUT2D eigenvalue weighted by atomic mass is 16.5. The summed E-state index contributed by atoms with van der Waals surface area (Å²) >= 11 is 0. The Morgan fingerprint density at radius 3 is 2.02 bits per heavy atom. The topological polar surface area (TPSA) is 97.8 Å². The molecule has 1 aromatic heterocycles. The molecule has 0 bridgehead atoms. The van der Waals surface area contributed by atoms with E-state index in [2.05, 4.69) is 10.3 Å². The Morgan fingerprint density at radius 2 is 1.35 bits per heavy atom. The van der Waals surface area contributed by atoms with Crippen LogP contribution in [0, 0.1) is 0 Å². The zero-order valence-corrected chi connectivity index (χ0v) is 21.7. The molecular formula is C33H28N2O5. The van der Waals surface area contributed by atoms with E-state index in [1.54, 1.807) is 24.3 Å². The van der Waals surface area contributed by atoms with Gasteiger partial charge >= 0.3 is 5.97 Å². The Morgan fingerprint density at radius 1 is 0.725 bits per heavy atom. The van der Waals surface area contributed by atoms with Crippen LogP contribution in [0.25, 0.3) is 10.9 Å². The average molecular weight is 533 g/mol. The molecule has 40 heavy (non-hydrogen) atoms. The Bertz CT molecular complexity index is 1610. The lowest BCUT2D eigenvalue weighted by Gasteiger charge is -2.17. The third-order valence-electron chi connectivity index (χ3n) is 6.38. The summed E-state index contributed by atoms with van der Waals surface area (Å²) in [5, 5.41) is 13.3. The largest absolute Gasteiger partial charge is 0.485 e. The summed E-state index contributed by atoms with van der Waals surface area (Å²) in [7, 11) is 0. The van der Waals surface area contributed by atoms with Crippen molar-refractivity contribution in [1.82, 2.24) is 10.3 Å². The maximum Gasteiger partial charge on any atom is 0.326 e. The average Bonchev–Trinajstić information content (AvgIpc) is 2.99. The van der Waals surface area contributed by atoms with Gasteiger partial charge in [0.15, 0.2) is 11.5 Å². The summed E-state index contributed by atoms with van der Waals surface area (Å²) in [4.78, 5) is 29.4. The number of carboxylic acid groups (broad SMARTS) is 1. The number of benzene rings is 4. The highest BCUT2D eigenvalue weighted by Gasteiger charge is 2.22. The van der Waals surface area contributed by atoms with Gasteiger partial charge in [0.05, 0.1) is 11.1 Å². The minimum Gasteiger partial charge on any atom is -0.485 e. The molecule has 0 radical (unpaired) electrons. The number of ether oxygens (including phenoxy) is 2. The first-order valence-corrected chi connectivity index (χ1v) is 12.9. The van der Waals surface area contributed by atoms with E-state index in [1.165, 1.54) is 6.20 Å². The van der Waals surface area contributed by atoms with Gasteiger partial charge in [-0.05, 0) is 41.0 Å². The van der Waals surface area contributed by atoms with Crippen molar-refractivity contribution in [2.75, 3.05) is 0 Å². The number of carbonyl (C=O) groups is 2. The van der Waals surface area contributed by atoms with Crippen LogP contribution in [-0.4, -0.2) is 28.0 Å². The van der Waals surface area contributed by atoms with E-state index >= 15 is 0 Å². The number of nitrogens with zero attached hydrogens (tertiary/aromatic N) is 1. The standard InChI is InChI=1S/C33H28N2O5/c36-32(27-19-26-13-7-8-14-28(26)34-20-27)35-29(33(37)38)17-25-15-16-30(39-21-23-9-3-1-4-10-23)31(18-25)40-22-24-11-5-2-6-12-24/h1-16,18-20,29H,17,21-22H2,(H,35,36)(H,37,38)/t29-/m0/s1. The van der Waals surface area contributed by atoms with Gasteiger partial charge in [-0.15, -0.1) is 0 Å². The Labute approximate surface area is 232 Å². The second-order valence-corrected chi connectivity index (χ2v) is 9.31. The zero-order valence-electron chi connectivity index (χ0n) is 21.7. The predicted molar refractivity (Wildman–Crippen MR) is 152 cm³/mol. The van der Waals surface area contributed by atoms with Gasteiger partial charge in [-0.2, -0.15) is 0 Å². The van der Waals surface area contributed by atoms with Crippen molar-refractivity contribution in [3.05, 3.63) is 138 Å². The smallest absolute Gasteiger partial charge is 0.326 e. The molecule has 0 fully saturated rings. The summed E-state index contributed by atoms with van der Waals surface area (Å²) in [6.07, 6.45) is 1.51. The normalized spacial score (nSPS) is 11.5. The molecule has 5 aromatic rings. The SMILES string of the molecule is O=C(N[C@@H](Cc1ccc(OCc2ccccc2)c(OCc2ccccc2)c1)C(=O)O)c1cnc2ccccc2c1. The highest BCUT2D eigenvalue weighted by molar-refractivity contribution is 5.99. The van der Waals surface area contributed by atoms with Crippen molar-refractivity contribution in [2.45, 2.75) is 25.7 Å². The van der Waals surface area contributed by atoms with E-state index in [0.717, 1.165) is 22.0 Å². The third kappa shape index (κ3) is 6.82. The zero-order chi connectivity index (χ0) is 27.7. The van der Waals surface area contributed by atoms with Crippen LogP contribution in [-0.2, 0) is 24.4 Å². The fourth-order valence-electron chi connectivity index (χ4n) is 4.25. The fraction of sp³-hybridized carbons (Fsp3) is 0.121. The number of hydrogen-bond acceptors (Lipinski definition) is 5. The van der Waals surface area contributed by atoms with Gasteiger partial charge in [0.25, 0.3) is 5.91 Å². The Hall–Kier alpha value is -5.17. The van der Waals surface area contributed by atoms with Crippen molar-refractivity contribution < 1.29 is 24.2 Å². The van der Waals surface area contributed by atoms with Crippen LogP contribution in [0.4, 0.5) is 0 Å². The summed E-state index contributed by atoms with van der Waals surface area (Å²) in [6.45, 7) is 0.676. The number of rotatable bonds is 11. The number of aromatic nitrogens is 1. The van der Waals surface area contributed by atoms with Crippen LogP contribution in [0.1, 0.15) is 27.0 Å². The van der Waals surface area contributed by atoms with Crippen molar-refractivity contribution in [3.63, 3.8) is 0 Å². The van der Waals surface area contributed by atoms with Crippen LogP contribution in [0.15, 0.2) is 115 Å². The molecule has 0 unspecified atom stereocenters. The van der Waals surface area contributed by atoms with Crippen molar-refractivity contribution in [3.8, 4) is 11.5 Å². The molecule has 2 N–H and O–H groups in total. The summed E-state index contributed by atoms with van der Waals surface area (Å²) in [5.74, 6) is -0.611. The minimum atomic E-state index is -1.16. The number of nitrogens with one attached hydrogen (secondary N) is 1. The van der Waals surface area contributed by atoms with E-state index in [0.29, 0.717) is 35.8 Å². The number of carboxylic acids is 1. The lowest BCUT2D eigenvalue weighted by atomic mass is 10.0. The van der Waals surface area contributed by atoms with E-state index in [1.807, 2.05) is 84.9 Å². The number of hydrogen-bond donors (Lipinski definition) is 2. The quantitative estimate of drug-likeness (QED) is 0.223. The molecule has 1 heterocycles. The molecule has 0 saturated carbocycles. The van der Waals surface area contributed by atoms with E-state index in [-0.39, 0.29) is 6.42 Å². The number of amides is 1. The van der Waals surface area contributed by atoms with Crippen LogP contribution < -0.4 is 14.8 Å². The molecule has 0 aliphatic carbocycles. The molecular weight excluding hydrogens is 504 g/mol. The third-order valence-corrected chi connectivity index (χ3v) is 6.38. The molecule has 1 atom stereocenters. The second-order valence-electron chi connectivity index (χ2n) is 9.31. The lowest BCUT2D eigenvalue weighted by molar-refractivity contribution is -0.139. The van der Waals surface area contributed by atoms with Gasteiger partial charge in [0.2, 0.25) is 0 Å². The second kappa shape index (κ2) is 12.6. The molecule has 0 aliphatic rings. The van der Waals surface area contributed by atoms with Crippen LogP contribution >= 0.6 is 0 Å². The minimum absolute atomic E-state index is 0.0583. The Balaban J connectivity index is 1.33. The van der Waals surface area contributed by atoms with Gasteiger partial charge in [-0.1, -0.05) is 84.9 Å². The van der Waals surface area contributed by atoms with Gasteiger partial charge < -0.3 is 19.9 Å². The predicted octanol–water partition coefficient (Wildman–Crippen LogP) is 5.82.